The predicted octanol–water partition coefficient (Wildman–Crippen LogP) is 2.68. The van der Waals surface area contributed by atoms with Gasteiger partial charge in [-0.3, -0.25) is 0 Å². The molecule has 1 aliphatic heterocycles. The quantitative estimate of drug-likeness (QED) is 0.558. The highest BCUT2D eigenvalue weighted by molar-refractivity contribution is 6.13. The number of ether oxygens (including phenoxy) is 3. The molecular formula is C22H20N2O6. The molecule has 0 bridgehead atoms. The summed E-state index contributed by atoms with van der Waals surface area (Å²) in [5.41, 5.74) is 1.18. The molecule has 154 valence electrons. The highest BCUT2D eigenvalue weighted by Crippen LogP contribution is 2.24. The van der Waals surface area contributed by atoms with E-state index in [4.69, 9.17) is 14.2 Å². The zero-order chi connectivity index (χ0) is 21.5. The van der Waals surface area contributed by atoms with Crippen molar-refractivity contribution in [2.75, 3.05) is 14.2 Å². The van der Waals surface area contributed by atoms with E-state index in [0.29, 0.717) is 5.56 Å². The second-order valence-corrected chi connectivity index (χ2v) is 6.23. The van der Waals surface area contributed by atoms with Gasteiger partial charge in [-0.1, -0.05) is 60.7 Å². The standard InChI is InChI=1S/C22H20N2O6/c1-28-20(25)17-13-23-19(16-11-7-4-8-12-16)24(18(17)21(26)29-2)22(27)30-14-15-9-5-3-6-10-15/h3-13,18H,14H2,1-2H3. The summed E-state index contributed by atoms with van der Waals surface area (Å²) >= 11 is 0. The lowest BCUT2D eigenvalue weighted by molar-refractivity contribution is -0.147. The predicted molar refractivity (Wildman–Crippen MR) is 107 cm³/mol. The molecule has 0 N–H and O–H groups in total. The second kappa shape index (κ2) is 9.51. The fourth-order valence-electron chi connectivity index (χ4n) is 2.93. The second-order valence-electron chi connectivity index (χ2n) is 6.23. The van der Waals surface area contributed by atoms with Crippen LogP contribution in [0.2, 0.25) is 0 Å². The van der Waals surface area contributed by atoms with Crippen molar-refractivity contribution in [3.63, 3.8) is 0 Å². The first-order valence-electron chi connectivity index (χ1n) is 9.06. The van der Waals surface area contributed by atoms with Crippen molar-refractivity contribution in [3.8, 4) is 0 Å². The topological polar surface area (TPSA) is 94.5 Å². The number of hydrogen-bond donors (Lipinski definition) is 0. The molecule has 0 fully saturated rings. The summed E-state index contributed by atoms with van der Waals surface area (Å²) in [7, 11) is 2.34. The number of rotatable bonds is 5. The minimum absolute atomic E-state index is 0.0244. The first-order chi connectivity index (χ1) is 14.6. The number of aliphatic imine (C=N–C) groups is 1. The maximum absolute atomic E-state index is 13.1. The van der Waals surface area contributed by atoms with Crippen LogP contribution in [0.15, 0.2) is 77.4 Å². The Labute approximate surface area is 173 Å². The van der Waals surface area contributed by atoms with E-state index in [0.717, 1.165) is 10.5 Å². The number of benzene rings is 2. The lowest BCUT2D eigenvalue weighted by Crippen LogP contribution is -2.53. The van der Waals surface area contributed by atoms with Gasteiger partial charge < -0.3 is 14.2 Å². The summed E-state index contributed by atoms with van der Waals surface area (Å²) in [6, 6.07) is 16.4. The Balaban J connectivity index is 2.01. The minimum atomic E-state index is -1.40. The molecule has 30 heavy (non-hydrogen) atoms. The van der Waals surface area contributed by atoms with Crippen LogP contribution in [0.3, 0.4) is 0 Å². The zero-order valence-corrected chi connectivity index (χ0v) is 16.5. The van der Waals surface area contributed by atoms with Crippen LogP contribution in [0.4, 0.5) is 4.79 Å². The van der Waals surface area contributed by atoms with Crippen LogP contribution in [-0.2, 0) is 30.4 Å². The third-order valence-corrected chi connectivity index (χ3v) is 4.39. The van der Waals surface area contributed by atoms with Crippen molar-refractivity contribution < 1.29 is 28.6 Å². The molecule has 0 radical (unpaired) electrons. The Morgan fingerprint density at radius 1 is 0.933 bits per heavy atom. The lowest BCUT2D eigenvalue weighted by Gasteiger charge is -2.32. The monoisotopic (exact) mass is 408 g/mol. The Hall–Kier alpha value is -3.94. The van der Waals surface area contributed by atoms with E-state index in [2.05, 4.69) is 4.99 Å². The summed E-state index contributed by atoms with van der Waals surface area (Å²) in [5, 5.41) is 0. The lowest BCUT2D eigenvalue weighted by atomic mass is 10.0. The molecule has 0 aromatic heterocycles. The van der Waals surface area contributed by atoms with Crippen LogP contribution in [-0.4, -0.2) is 49.0 Å². The third kappa shape index (κ3) is 4.38. The average molecular weight is 408 g/mol. The molecule has 0 saturated heterocycles. The van der Waals surface area contributed by atoms with Crippen LogP contribution in [0.5, 0.6) is 0 Å². The Morgan fingerprint density at radius 3 is 2.17 bits per heavy atom. The molecular weight excluding hydrogens is 388 g/mol. The molecule has 1 aliphatic rings. The number of esters is 2. The largest absolute Gasteiger partial charge is 0.467 e. The smallest absolute Gasteiger partial charge is 0.416 e. The van der Waals surface area contributed by atoms with E-state index in [1.54, 1.807) is 42.5 Å². The summed E-state index contributed by atoms with van der Waals surface area (Å²) in [5.74, 6) is -1.48. The number of amides is 1. The van der Waals surface area contributed by atoms with Crippen LogP contribution in [0.25, 0.3) is 0 Å². The first-order valence-corrected chi connectivity index (χ1v) is 9.06. The van der Waals surface area contributed by atoms with Gasteiger partial charge in [0.2, 0.25) is 0 Å². The number of hydrogen-bond acceptors (Lipinski definition) is 7. The average Bonchev–Trinajstić information content (AvgIpc) is 2.81. The molecule has 1 amide bonds. The molecule has 0 saturated carbocycles. The van der Waals surface area contributed by atoms with Gasteiger partial charge in [0, 0.05) is 11.8 Å². The van der Waals surface area contributed by atoms with Crippen LogP contribution in [0.1, 0.15) is 11.1 Å². The number of carbonyl (C=O) groups excluding carboxylic acids is 3. The molecule has 1 atom stereocenters. The van der Waals surface area contributed by atoms with E-state index in [1.807, 2.05) is 18.2 Å². The van der Waals surface area contributed by atoms with Crippen molar-refractivity contribution in [1.82, 2.24) is 4.90 Å². The fourth-order valence-corrected chi connectivity index (χ4v) is 2.93. The highest BCUT2D eigenvalue weighted by atomic mass is 16.6. The molecule has 1 unspecified atom stereocenters. The molecule has 0 spiro atoms. The van der Waals surface area contributed by atoms with E-state index < -0.39 is 24.1 Å². The zero-order valence-electron chi connectivity index (χ0n) is 16.5. The van der Waals surface area contributed by atoms with Crippen molar-refractivity contribution in [2.45, 2.75) is 12.6 Å². The van der Waals surface area contributed by atoms with Crippen molar-refractivity contribution in [2.24, 2.45) is 4.99 Å². The van der Waals surface area contributed by atoms with Gasteiger partial charge in [-0.25, -0.2) is 24.3 Å². The first kappa shape index (κ1) is 20.8. The normalized spacial score (nSPS) is 15.5. The van der Waals surface area contributed by atoms with E-state index in [1.165, 1.54) is 20.4 Å². The Kier molecular flexibility index (Phi) is 6.59. The molecule has 0 aliphatic carbocycles. The molecule has 3 rings (SSSR count). The summed E-state index contributed by atoms with van der Waals surface area (Å²) in [4.78, 5) is 43.2. The van der Waals surface area contributed by atoms with Gasteiger partial charge in [-0.15, -0.1) is 0 Å². The maximum atomic E-state index is 13.1. The summed E-state index contributed by atoms with van der Waals surface area (Å²) < 4.78 is 15.0. The van der Waals surface area contributed by atoms with E-state index >= 15 is 0 Å². The molecule has 2 aromatic carbocycles. The van der Waals surface area contributed by atoms with E-state index in [-0.39, 0.29) is 18.0 Å². The third-order valence-electron chi connectivity index (χ3n) is 4.39. The fraction of sp³-hybridized carbons (Fsp3) is 0.182. The number of carbonyl (C=O) groups is 3. The highest BCUT2D eigenvalue weighted by Gasteiger charge is 2.43. The number of amidine groups is 1. The molecule has 8 heteroatoms. The Bertz CT molecular complexity index is 985. The van der Waals surface area contributed by atoms with Gasteiger partial charge in [0.15, 0.2) is 6.04 Å². The van der Waals surface area contributed by atoms with Gasteiger partial charge in [-0.2, -0.15) is 0 Å². The van der Waals surface area contributed by atoms with Gasteiger partial charge >= 0.3 is 18.0 Å². The summed E-state index contributed by atoms with van der Waals surface area (Å²) in [6.07, 6.45) is 0.350. The molecule has 1 heterocycles. The number of methoxy groups -OCH3 is 2. The van der Waals surface area contributed by atoms with Gasteiger partial charge in [0.1, 0.15) is 12.4 Å². The van der Waals surface area contributed by atoms with Crippen LogP contribution >= 0.6 is 0 Å². The molecule has 8 nitrogen and oxygen atoms in total. The van der Waals surface area contributed by atoms with Crippen molar-refractivity contribution in [1.29, 1.82) is 0 Å². The Morgan fingerprint density at radius 2 is 1.57 bits per heavy atom. The van der Waals surface area contributed by atoms with Crippen molar-refractivity contribution >= 4 is 23.9 Å². The molecule has 2 aromatic rings. The SMILES string of the molecule is COC(=O)C1=CN=C(c2ccccc2)N(C(=O)OCc2ccccc2)C1C(=O)OC. The van der Waals surface area contributed by atoms with Crippen molar-refractivity contribution in [3.05, 3.63) is 83.6 Å². The van der Waals surface area contributed by atoms with Gasteiger partial charge in [-0.05, 0) is 5.56 Å². The van der Waals surface area contributed by atoms with Crippen LogP contribution < -0.4 is 0 Å². The van der Waals surface area contributed by atoms with Gasteiger partial charge in [0.25, 0.3) is 0 Å². The minimum Gasteiger partial charge on any atom is -0.467 e. The number of nitrogens with zero attached hydrogens (tertiary/aromatic N) is 2. The van der Waals surface area contributed by atoms with Crippen LogP contribution in [0, 0.1) is 0 Å². The van der Waals surface area contributed by atoms with Gasteiger partial charge in [0.05, 0.1) is 19.8 Å². The maximum Gasteiger partial charge on any atom is 0.416 e. The van der Waals surface area contributed by atoms with E-state index in [9.17, 15) is 14.4 Å². The summed E-state index contributed by atoms with van der Waals surface area (Å²) in [6.45, 7) is -0.0244.